The summed E-state index contributed by atoms with van der Waals surface area (Å²) in [6, 6.07) is 9.01. The van der Waals surface area contributed by atoms with Gasteiger partial charge in [-0.15, -0.1) is 0 Å². The highest BCUT2D eigenvalue weighted by atomic mass is 79.9. The molecule has 2 saturated carbocycles. The molecular formula is C20H26Br2. The molecule has 3 rings (SSSR count). The first kappa shape index (κ1) is 16.8. The minimum absolute atomic E-state index is 0.803. The Hall–Kier alpha value is -0.0800. The van der Waals surface area contributed by atoms with E-state index in [0.29, 0.717) is 0 Å². The summed E-state index contributed by atoms with van der Waals surface area (Å²) in [4.78, 5) is 2.06. The Bertz CT molecular complexity index is 475. The number of allylic oxidation sites excluding steroid dienone is 1. The van der Waals surface area contributed by atoms with E-state index in [9.17, 15) is 0 Å². The van der Waals surface area contributed by atoms with Crippen molar-refractivity contribution < 1.29 is 0 Å². The van der Waals surface area contributed by atoms with E-state index < -0.39 is 0 Å². The van der Waals surface area contributed by atoms with Crippen LogP contribution in [0.2, 0.25) is 0 Å². The Morgan fingerprint density at radius 3 is 1.86 bits per heavy atom. The number of rotatable bonds is 3. The van der Waals surface area contributed by atoms with Crippen LogP contribution in [-0.2, 0) is 0 Å². The maximum Gasteiger partial charge on any atom is 0.0175 e. The summed E-state index contributed by atoms with van der Waals surface area (Å²) in [5.41, 5.74) is 1.55. The fourth-order valence-electron chi connectivity index (χ4n) is 4.57. The third-order valence-electron chi connectivity index (χ3n) is 5.94. The van der Waals surface area contributed by atoms with Gasteiger partial charge in [-0.3, -0.25) is 0 Å². The smallest absolute Gasteiger partial charge is 0.0175 e. The maximum atomic E-state index is 3.54. The molecule has 0 radical (unpaired) electrons. The van der Waals surface area contributed by atoms with E-state index in [1.54, 1.807) is 5.56 Å². The molecule has 22 heavy (non-hydrogen) atoms. The molecule has 2 heteroatoms. The zero-order valence-electron chi connectivity index (χ0n) is 13.2. The van der Waals surface area contributed by atoms with Crippen molar-refractivity contribution in [3.63, 3.8) is 0 Å². The van der Waals surface area contributed by atoms with Crippen LogP contribution in [0, 0.1) is 17.8 Å². The van der Waals surface area contributed by atoms with Crippen LogP contribution in [0.4, 0.5) is 0 Å². The molecule has 0 bridgehead atoms. The van der Waals surface area contributed by atoms with Crippen molar-refractivity contribution in [2.45, 2.75) is 57.3 Å². The number of hydrogen-bond donors (Lipinski definition) is 0. The van der Waals surface area contributed by atoms with Crippen LogP contribution < -0.4 is 0 Å². The summed E-state index contributed by atoms with van der Waals surface area (Å²) in [5, 5.41) is 0. The lowest BCUT2D eigenvalue weighted by molar-refractivity contribution is 0.171. The van der Waals surface area contributed by atoms with Gasteiger partial charge in [0.2, 0.25) is 0 Å². The molecule has 1 aromatic carbocycles. The first-order valence-electron chi connectivity index (χ1n) is 8.78. The molecule has 0 N–H and O–H groups in total. The molecular weight excluding hydrogens is 400 g/mol. The molecule has 0 aliphatic heterocycles. The fourth-order valence-corrected chi connectivity index (χ4v) is 5.27. The molecule has 1 aromatic rings. The first-order valence-corrected chi connectivity index (χ1v) is 10.5. The molecule has 0 aromatic heterocycles. The van der Waals surface area contributed by atoms with Crippen molar-refractivity contribution in [2.75, 3.05) is 0 Å². The van der Waals surface area contributed by atoms with Gasteiger partial charge in [0.1, 0.15) is 0 Å². The van der Waals surface area contributed by atoms with Crippen LogP contribution in [0.1, 0.15) is 62.8 Å². The molecule has 2 fully saturated rings. The third kappa shape index (κ3) is 4.26. The topological polar surface area (TPSA) is 0 Å². The Kier molecular flexibility index (Phi) is 6.21. The molecule has 0 amide bonds. The van der Waals surface area contributed by atoms with Crippen molar-refractivity contribution in [1.82, 2.24) is 0 Å². The lowest BCUT2D eigenvalue weighted by Crippen LogP contribution is -2.25. The molecule has 0 nitrogen and oxygen atoms in total. The normalized spacial score (nSPS) is 33.2. The fraction of sp³-hybridized carbons (Fsp3) is 0.600. The first-order chi connectivity index (χ1) is 10.8. The second-order valence-corrected chi connectivity index (χ2v) is 8.60. The van der Waals surface area contributed by atoms with Crippen LogP contribution in [-0.4, -0.2) is 0 Å². The molecule has 2 aliphatic rings. The van der Waals surface area contributed by atoms with Crippen LogP contribution in [0.15, 0.2) is 39.8 Å². The van der Waals surface area contributed by atoms with Crippen molar-refractivity contribution in [2.24, 2.45) is 17.8 Å². The average Bonchev–Trinajstić information content (AvgIpc) is 2.57. The molecule has 120 valence electrons. The molecule has 0 atom stereocenters. The highest BCUT2D eigenvalue weighted by molar-refractivity contribution is 9.11. The molecule has 2 aliphatic carbocycles. The van der Waals surface area contributed by atoms with Gasteiger partial charge in [0, 0.05) is 4.47 Å². The van der Waals surface area contributed by atoms with E-state index in [1.807, 2.05) is 0 Å². The number of halogens is 2. The van der Waals surface area contributed by atoms with Crippen LogP contribution >= 0.6 is 31.9 Å². The Balaban J connectivity index is 1.49. The van der Waals surface area contributed by atoms with Gasteiger partial charge < -0.3 is 0 Å². The monoisotopic (exact) mass is 424 g/mol. The Morgan fingerprint density at radius 1 is 0.773 bits per heavy atom. The maximum absolute atomic E-state index is 3.54. The van der Waals surface area contributed by atoms with E-state index in [4.69, 9.17) is 0 Å². The quantitative estimate of drug-likeness (QED) is 0.471. The Morgan fingerprint density at radius 2 is 1.32 bits per heavy atom. The second-order valence-electron chi connectivity index (χ2n) is 7.16. The summed E-state index contributed by atoms with van der Waals surface area (Å²) in [6.07, 6.45) is 13.8. The number of benzene rings is 1. The van der Waals surface area contributed by atoms with Gasteiger partial charge in [-0.25, -0.2) is 0 Å². The number of hydrogen-bond acceptors (Lipinski definition) is 0. The van der Waals surface area contributed by atoms with Crippen molar-refractivity contribution in [3.8, 4) is 0 Å². The average molecular weight is 426 g/mol. The molecule has 0 unspecified atom stereocenters. The van der Waals surface area contributed by atoms with Crippen molar-refractivity contribution in [3.05, 3.63) is 45.4 Å². The van der Waals surface area contributed by atoms with Gasteiger partial charge in [0.15, 0.2) is 0 Å². The molecule has 0 spiro atoms. The summed E-state index contributed by atoms with van der Waals surface area (Å²) < 4.78 is 1.19. The SMILES string of the molecule is BrC=CC1CCC(C2CCC(c3ccc(Br)cc3)CC2)CC1. The third-order valence-corrected chi connectivity index (χ3v) is 6.78. The van der Waals surface area contributed by atoms with Crippen LogP contribution in [0.25, 0.3) is 0 Å². The lowest BCUT2D eigenvalue weighted by Gasteiger charge is -2.37. The zero-order chi connectivity index (χ0) is 15.4. The molecule has 0 saturated heterocycles. The predicted molar refractivity (Wildman–Crippen MR) is 102 cm³/mol. The summed E-state index contributed by atoms with van der Waals surface area (Å²) in [6.45, 7) is 0. The van der Waals surface area contributed by atoms with Crippen LogP contribution in [0.5, 0.6) is 0 Å². The summed E-state index contributed by atoms with van der Waals surface area (Å²) in [7, 11) is 0. The van der Waals surface area contributed by atoms with Gasteiger partial charge in [-0.1, -0.05) is 50.1 Å². The molecule has 0 heterocycles. The van der Waals surface area contributed by atoms with Crippen LogP contribution in [0.3, 0.4) is 0 Å². The zero-order valence-corrected chi connectivity index (χ0v) is 16.4. The van der Waals surface area contributed by atoms with Crippen molar-refractivity contribution >= 4 is 31.9 Å². The van der Waals surface area contributed by atoms with Gasteiger partial charge in [-0.05, 0) is 97.7 Å². The van der Waals surface area contributed by atoms with E-state index in [0.717, 1.165) is 23.7 Å². The minimum Gasteiger partial charge on any atom is -0.0745 e. The van der Waals surface area contributed by atoms with E-state index in [2.05, 4.69) is 67.2 Å². The van der Waals surface area contributed by atoms with Gasteiger partial charge in [0.25, 0.3) is 0 Å². The standard InChI is InChI=1S/C20H26Br2/c21-14-13-15-1-3-16(4-2-15)17-5-7-18(8-6-17)19-9-11-20(22)12-10-19/h9-18H,1-8H2. The van der Waals surface area contributed by atoms with E-state index >= 15 is 0 Å². The Labute approximate surface area is 152 Å². The van der Waals surface area contributed by atoms with Crippen molar-refractivity contribution in [1.29, 1.82) is 0 Å². The van der Waals surface area contributed by atoms with E-state index in [1.165, 1.54) is 55.8 Å². The van der Waals surface area contributed by atoms with Gasteiger partial charge >= 0.3 is 0 Å². The van der Waals surface area contributed by atoms with Gasteiger partial charge in [-0.2, -0.15) is 0 Å². The second kappa shape index (κ2) is 8.15. The largest absolute Gasteiger partial charge is 0.0745 e. The highest BCUT2D eigenvalue weighted by Crippen LogP contribution is 2.44. The van der Waals surface area contributed by atoms with Gasteiger partial charge in [0.05, 0.1) is 0 Å². The summed E-state index contributed by atoms with van der Waals surface area (Å²) in [5.74, 6) is 3.64. The van der Waals surface area contributed by atoms with E-state index in [-0.39, 0.29) is 0 Å². The lowest BCUT2D eigenvalue weighted by atomic mass is 9.68. The minimum atomic E-state index is 0.803. The predicted octanol–water partition coefficient (Wildman–Crippen LogP) is 7.44. The highest BCUT2D eigenvalue weighted by Gasteiger charge is 2.30. The summed E-state index contributed by atoms with van der Waals surface area (Å²) >= 11 is 6.97.